The Bertz CT molecular complexity index is 240. The second-order valence-corrected chi connectivity index (χ2v) is 2.93. The molecule has 0 saturated heterocycles. The summed E-state index contributed by atoms with van der Waals surface area (Å²) in [6, 6.07) is 3.48. The molecule has 2 nitrogen and oxygen atoms in total. The summed E-state index contributed by atoms with van der Waals surface area (Å²) in [7, 11) is 0. The van der Waals surface area contributed by atoms with Crippen molar-refractivity contribution in [2.75, 3.05) is 0 Å². The molecule has 0 aliphatic heterocycles. The molecule has 0 aliphatic rings. The molecule has 11 heavy (non-hydrogen) atoms. The summed E-state index contributed by atoms with van der Waals surface area (Å²) in [4.78, 5) is 3.97. The van der Waals surface area contributed by atoms with Crippen LogP contribution < -0.4 is 0 Å². The van der Waals surface area contributed by atoms with E-state index in [-0.39, 0.29) is 0 Å². The molecule has 0 aliphatic carbocycles. The highest BCUT2D eigenvalue weighted by atomic mass is 35.5. The van der Waals surface area contributed by atoms with Gasteiger partial charge in [0.2, 0.25) is 0 Å². The predicted octanol–water partition coefficient (Wildman–Crippen LogP) is 2.10. The summed E-state index contributed by atoms with van der Waals surface area (Å²) in [6.07, 6.45) is -0.478. The van der Waals surface area contributed by atoms with E-state index in [9.17, 15) is 5.11 Å². The first kappa shape index (κ1) is 8.50. The van der Waals surface area contributed by atoms with Crippen LogP contribution >= 0.6 is 11.6 Å². The molecule has 0 radical (unpaired) electrons. The zero-order valence-corrected chi connectivity index (χ0v) is 7.26. The number of hydrogen-bond donors (Lipinski definition) is 1. The SMILES string of the molecule is Cc1cc([C@@H](C)O)cc(Cl)n1. The van der Waals surface area contributed by atoms with E-state index in [1.165, 1.54) is 0 Å². The van der Waals surface area contributed by atoms with Gasteiger partial charge in [0.15, 0.2) is 0 Å². The maximum atomic E-state index is 9.19. The number of halogens is 1. The first-order valence-corrected chi connectivity index (χ1v) is 3.79. The Kier molecular flexibility index (Phi) is 2.47. The van der Waals surface area contributed by atoms with Crippen molar-refractivity contribution >= 4 is 11.6 Å². The maximum Gasteiger partial charge on any atom is 0.129 e. The van der Waals surface area contributed by atoms with Crippen LogP contribution in [0.3, 0.4) is 0 Å². The molecule has 1 aromatic heterocycles. The molecule has 1 rings (SSSR count). The average molecular weight is 172 g/mol. The van der Waals surface area contributed by atoms with E-state index in [4.69, 9.17) is 11.6 Å². The van der Waals surface area contributed by atoms with Gasteiger partial charge in [-0.3, -0.25) is 0 Å². The minimum atomic E-state index is -0.478. The summed E-state index contributed by atoms with van der Waals surface area (Å²) < 4.78 is 0. The fraction of sp³-hybridized carbons (Fsp3) is 0.375. The highest BCUT2D eigenvalue weighted by molar-refractivity contribution is 6.29. The maximum absolute atomic E-state index is 9.19. The van der Waals surface area contributed by atoms with Gasteiger partial charge in [0.25, 0.3) is 0 Å². The zero-order valence-electron chi connectivity index (χ0n) is 6.50. The van der Waals surface area contributed by atoms with Gasteiger partial charge < -0.3 is 5.11 Å². The minimum absolute atomic E-state index is 0.431. The van der Waals surface area contributed by atoms with Crippen LogP contribution in [0.4, 0.5) is 0 Å². The van der Waals surface area contributed by atoms with Crippen molar-refractivity contribution < 1.29 is 5.11 Å². The van der Waals surface area contributed by atoms with Crippen molar-refractivity contribution in [2.24, 2.45) is 0 Å². The molecule has 1 heterocycles. The molecular formula is C8H10ClNO. The van der Waals surface area contributed by atoms with E-state index in [2.05, 4.69) is 4.98 Å². The summed E-state index contributed by atoms with van der Waals surface area (Å²) in [5.74, 6) is 0. The van der Waals surface area contributed by atoms with E-state index in [0.29, 0.717) is 5.15 Å². The molecule has 60 valence electrons. The standard InChI is InChI=1S/C8H10ClNO/c1-5-3-7(6(2)11)4-8(9)10-5/h3-4,6,11H,1-2H3/t6-/m1/s1. The van der Waals surface area contributed by atoms with Crippen LogP contribution in [-0.2, 0) is 0 Å². The lowest BCUT2D eigenvalue weighted by molar-refractivity contribution is 0.199. The van der Waals surface area contributed by atoms with Gasteiger partial charge in [0, 0.05) is 5.69 Å². The van der Waals surface area contributed by atoms with Crippen molar-refractivity contribution in [3.05, 3.63) is 28.5 Å². The third kappa shape index (κ3) is 2.17. The van der Waals surface area contributed by atoms with Crippen molar-refractivity contribution in [3.8, 4) is 0 Å². The van der Waals surface area contributed by atoms with E-state index in [1.807, 2.05) is 13.0 Å². The molecule has 1 N–H and O–H groups in total. The van der Waals surface area contributed by atoms with Gasteiger partial charge in [-0.25, -0.2) is 4.98 Å². The first-order chi connectivity index (χ1) is 5.09. The van der Waals surface area contributed by atoms with Crippen LogP contribution in [0.15, 0.2) is 12.1 Å². The van der Waals surface area contributed by atoms with E-state index in [0.717, 1.165) is 11.3 Å². The largest absolute Gasteiger partial charge is 0.389 e. The zero-order chi connectivity index (χ0) is 8.43. The van der Waals surface area contributed by atoms with E-state index >= 15 is 0 Å². The topological polar surface area (TPSA) is 33.1 Å². The molecule has 3 heteroatoms. The Morgan fingerprint density at radius 3 is 2.64 bits per heavy atom. The smallest absolute Gasteiger partial charge is 0.129 e. The van der Waals surface area contributed by atoms with Crippen LogP contribution in [0.2, 0.25) is 5.15 Å². The third-order valence-electron chi connectivity index (χ3n) is 1.43. The molecule has 0 spiro atoms. The Morgan fingerprint density at radius 1 is 1.55 bits per heavy atom. The van der Waals surface area contributed by atoms with Crippen molar-refractivity contribution in [1.82, 2.24) is 4.98 Å². The Balaban J connectivity index is 3.08. The van der Waals surface area contributed by atoms with Crippen molar-refractivity contribution in [3.63, 3.8) is 0 Å². The minimum Gasteiger partial charge on any atom is -0.389 e. The van der Waals surface area contributed by atoms with Crippen LogP contribution in [0, 0.1) is 6.92 Å². The van der Waals surface area contributed by atoms with Gasteiger partial charge >= 0.3 is 0 Å². The summed E-state index contributed by atoms with van der Waals surface area (Å²) in [5, 5.41) is 9.62. The second kappa shape index (κ2) is 3.20. The second-order valence-electron chi connectivity index (χ2n) is 2.54. The fourth-order valence-electron chi connectivity index (χ4n) is 0.895. The number of aliphatic hydroxyl groups is 1. The van der Waals surface area contributed by atoms with Crippen LogP contribution in [-0.4, -0.2) is 10.1 Å². The Labute approximate surface area is 70.8 Å². The molecule has 0 fully saturated rings. The van der Waals surface area contributed by atoms with Gasteiger partial charge in [-0.1, -0.05) is 11.6 Å². The van der Waals surface area contributed by atoms with Crippen LogP contribution in [0.25, 0.3) is 0 Å². The van der Waals surface area contributed by atoms with Gasteiger partial charge in [-0.2, -0.15) is 0 Å². The number of aliphatic hydroxyl groups excluding tert-OH is 1. The highest BCUT2D eigenvalue weighted by Crippen LogP contribution is 2.16. The summed E-state index contributed by atoms with van der Waals surface area (Å²) in [5.41, 5.74) is 1.64. The normalized spacial score (nSPS) is 13.1. The van der Waals surface area contributed by atoms with Crippen molar-refractivity contribution in [2.45, 2.75) is 20.0 Å². The van der Waals surface area contributed by atoms with Gasteiger partial charge in [0.05, 0.1) is 6.10 Å². The van der Waals surface area contributed by atoms with Crippen LogP contribution in [0.1, 0.15) is 24.3 Å². The van der Waals surface area contributed by atoms with Gasteiger partial charge in [-0.15, -0.1) is 0 Å². The van der Waals surface area contributed by atoms with Crippen LogP contribution in [0.5, 0.6) is 0 Å². The lowest BCUT2D eigenvalue weighted by Crippen LogP contribution is -1.93. The molecule has 0 amide bonds. The monoisotopic (exact) mass is 171 g/mol. The van der Waals surface area contributed by atoms with E-state index in [1.54, 1.807) is 13.0 Å². The lowest BCUT2D eigenvalue weighted by Gasteiger charge is -2.04. The Hall–Kier alpha value is -0.600. The summed E-state index contributed by atoms with van der Waals surface area (Å²) >= 11 is 5.67. The number of aromatic nitrogens is 1. The third-order valence-corrected chi connectivity index (χ3v) is 1.62. The number of pyridine rings is 1. The van der Waals surface area contributed by atoms with Gasteiger partial charge in [-0.05, 0) is 31.5 Å². The Morgan fingerprint density at radius 2 is 2.18 bits per heavy atom. The average Bonchev–Trinajstić information content (AvgIpc) is 1.85. The lowest BCUT2D eigenvalue weighted by atomic mass is 10.1. The molecule has 0 aromatic carbocycles. The first-order valence-electron chi connectivity index (χ1n) is 3.42. The molecule has 0 saturated carbocycles. The molecule has 1 atom stereocenters. The van der Waals surface area contributed by atoms with Crippen molar-refractivity contribution in [1.29, 1.82) is 0 Å². The highest BCUT2D eigenvalue weighted by Gasteiger charge is 2.02. The quantitative estimate of drug-likeness (QED) is 0.657. The molecular weight excluding hydrogens is 162 g/mol. The molecule has 0 bridgehead atoms. The number of rotatable bonds is 1. The molecule has 0 unspecified atom stereocenters. The number of hydrogen-bond acceptors (Lipinski definition) is 2. The number of aryl methyl sites for hydroxylation is 1. The predicted molar refractivity (Wildman–Crippen MR) is 44.6 cm³/mol. The van der Waals surface area contributed by atoms with E-state index < -0.39 is 6.10 Å². The van der Waals surface area contributed by atoms with Gasteiger partial charge in [0.1, 0.15) is 5.15 Å². The fourth-order valence-corrected chi connectivity index (χ4v) is 1.15. The number of nitrogens with zero attached hydrogens (tertiary/aromatic N) is 1. The molecule has 1 aromatic rings. The summed E-state index contributed by atoms with van der Waals surface area (Å²) in [6.45, 7) is 3.54.